The summed E-state index contributed by atoms with van der Waals surface area (Å²) in [6.07, 6.45) is -1.20. The van der Waals surface area contributed by atoms with Gasteiger partial charge in [0.25, 0.3) is 5.56 Å². The Labute approximate surface area is 181 Å². The van der Waals surface area contributed by atoms with Crippen molar-refractivity contribution < 1.29 is 22.7 Å². The van der Waals surface area contributed by atoms with Crippen LogP contribution >= 0.6 is 0 Å². The van der Waals surface area contributed by atoms with Crippen molar-refractivity contribution in [3.05, 3.63) is 40.1 Å². The molecule has 1 saturated heterocycles. The number of rotatable bonds is 8. The maximum absolute atomic E-state index is 12.6. The summed E-state index contributed by atoms with van der Waals surface area (Å²) in [7, 11) is 0. The lowest BCUT2D eigenvalue weighted by Crippen LogP contribution is -2.49. The highest BCUT2D eigenvalue weighted by molar-refractivity contribution is 5.76. The van der Waals surface area contributed by atoms with Crippen LogP contribution in [0.3, 0.4) is 0 Å². The number of anilines is 2. The van der Waals surface area contributed by atoms with Gasteiger partial charge in [0.15, 0.2) is 0 Å². The average Bonchev–Trinajstić information content (AvgIpc) is 2.78. The van der Waals surface area contributed by atoms with Crippen LogP contribution in [0.5, 0.6) is 0 Å². The van der Waals surface area contributed by atoms with Gasteiger partial charge in [-0.2, -0.15) is 18.3 Å². The highest BCUT2D eigenvalue weighted by Gasteiger charge is 2.32. The van der Waals surface area contributed by atoms with Gasteiger partial charge in [0, 0.05) is 50.7 Å². The first kappa shape index (κ1) is 23.4. The molecule has 1 aliphatic heterocycles. The number of H-pyrrole nitrogens is 1. The first-order valence-electron chi connectivity index (χ1n) is 10.0. The first-order valence-corrected chi connectivity index (χ1v) is 10.0. The molecule has 0 aliphatic carbocycles. The van der Waals surface area contributed by atoms with Crippen molar-refractivity contribution >= 4 is 17.5 Å². The van der Waals surface area contributed by atoms with Crippen molar-refractivity contribution in [2.24, 2.45) is 0 Å². The third kappa shape index (κ3) is 6.15. The molecule has 2 aromatic rings. The zero-order valence-corrected chi connectivity index (χ0v) is 17.5. The minimum Gasteiger partial charge on any atom is -0.381 e. The lowest BCUT2D eigenvalue weighted by molar-refractivity contribution is -0.138. The van der Waals surface area contributed by atoms with Crippen molar-refractivity contribution in [1.29, 1.82) is 0 Å². The molecule has 174 valence electrons. The number of alkyl halides is 3. The topological polar surface area (TPSA) is 116 Å². The molecule has 0 bridgehead atoms. The van der Waals surface area contributed by atoms with Gasteiger partial charge in [-0.25, -0.2) is 15.1 Å². The summed E-state index contributed by atoms with van der Waals surface area (Å²) in [6.45, 7) is 4.50. The fourth-order valence-electron chi connectivity index (χ4n) is 3.10. The number of nitrogens with one attached hydrogen (secondary N) is 2. The van der Waals surface area contributed by atoms with Crippen molar-refractivity contribution in [3.63, 3.8) is 0 Å². The standard InChI is InChI=1S/C19H24F3N7O3/c1-13-15(12-26-27-17(13)31)23-3-9-32-8-2-16(30)28-4-6-29(7-5-28)18-24-10-14(11-25-18)19(20,21)22/h10-12H,2-9H2,1H3,(H2,23,27,31). The van der Waals surface area contributed by atoms with E-state index in [4.69, 9.17) is 4.74 Å². The molecule has 0 radical (unpaired) electrons. The van der Waals surface area contributed by atoms with Crippen molar-refractivity contribution in [1.82, 2.24) is 25.1 Å². The third-order valence-electron chi connectivity index (χ3n) is 5.01. The highest BCUT2D eigenvalue weighted by Crippen LogP contribution is 2.28. The van der Waals surface area contributed by atoms with Gasteiger partial charge >= 0.3 is 6.18 Å². The van der Waals surface area contributed by atoms with E-state index in [0.717, 1.165) is 12.4 Å². The molecule has 0 unspecified atom stereocenters. The van der Waals surface area contributed by atoms with Crippen molar-refractivity contribution in [3.8, 4) is 0 Å². The van der Waals surface area contributed by atoms with Gasteiger partial charge in [-0.15, -0.1) is 0 Å². The molecule has 32 heavy (non-hydrogen) atoms. The van der Waals surface area contributed by atoms with E-state index in [2.05, 4.69) is 25.5 Å². The highest BCUT2D eigenvalue weighted by atomic mass is 19.4. The Hall–Kier alpha value is -3.22. The van der Waals surface area contributed by atoms with Gasteiger partial charge in [-0.05, 0) is 6.92 Å². The molecule has 1 fully saturated rings. The number of hydrogen-bond donors (Lipinski definition) is 2. The predicted octanol–water partition coefficient (Wildman–Crippen LogP) is 1.05. The van der Waals surface area contributed by atoms with E-state index < -0.39 is 11.7 Å². The Morgan fingerprint density at radius 2 is 1.84 bits per heavy atom. The molecule has 13 heteroatoms. The van der Waals surface area contributed by atoms with Crippen LogP contribution in [0.25, 0.3) is 0 Å². The summed E-state index contributed by atoms with van der Waals surface area (Å²) in [5.74, 6) is 0.160. The van der Waals surface area contributed by atoms with Crippen LogP contribution < -0.4 is 15.8 Å². The Morgan fingerprint density at radius 1 is 1.16 bits per heavy atom. The Balaban J connectivity index is 1.33. The molecule has 10 nitrogen and oxygen atoms in total. The molecule has 2 aromatic heterocycles. The van der Waals surface area contributed by atoms with E-state index in [1.54, 1.807) is 16.7 Å². The number of carbonyl (C=O) groups is 1. The number of piperazine rings is 1. The number of aromatic amines is 1. The number of aromatic nitrogens is 4. The molecule has 1 aliphatic rings. The van der Waals surface area contributed by atoms with Gasteiger partial charge in [0.1, 0.15) is 0 Å². The SMILES string of the molecule is Cc1c(NCCOCCC(=O)N2CCN(c3ncc(C(F)(F)F)cn3)CC2)cn[nH]c1=O. The molecule has 2 N–H and O–H groups in total. The zero-order valence-electron chi connectivity index (χ0n) is 17.5. The zero-order chi connectivity index (χ0) is 23.1. The van der Waals surface area contributed by atoms with Crippen LogP contribution in [0.4, 0.5) is 24.8 Å². The summed E-state index contributed by atoms with van der Waals surface area (Å²) in [5.41, 5.74) is 0.0142. The smallest absolute Gasteiger partial charge is 0.381 e. The van der Waals surface area contributed by atoms with Gasteiger partial charge in [0.05, 0.1) is 37.1 Å². The molecule has 0 atom stereocenters. The van der Waals surface area contributed by atoms with Gasteiger partial charge in [-0.3, -0.25) is 9.59 Å². The summed E-state index contributed by atoms with van der Waals surface area (Å²) in [5, 5.41) is 9.12. The van der Waals surface area contributed by atoms with E-state index in [1.165, 1.54) is 6.20 Å². The molecule has 3 rings (SSSR count). The second-order valence-corrected chi connectivity index (χ2v) is 7.16. The quantitative estimate of drug-likeness (QED) is 0.568. The van der Waals surface area contributed by atoms with Crippen molar-refractivity contribution in [2.75, 3.05) is 56.2 Å². The molecule has 1 amide bonds. The molecule has 0 spiro atoms. The van der Waals surface area contributed by atoms with Crippen molar-refractivity contribution in [2.45, 2.75) is 19.5 Å². The van der Waals surface area contributed by atoms with Gasteiger partial charge in [0.2, 0.25) is 11.9 Å². The molecular weight excluding hydrogens is 431 g/mol. The lowest BCUT2D eigenvalue weighted by atomic mass is 10.3. The maximum Gasteiger partial charge on any atom is 0.419 e. The summed E-state index contributed by atoms with van der Waals surface area (Å²) < 4.78 is 43.3. The van der Waals surface area contributed by atoms with E-state index in [0.29, 0.717) is 50.6 Å². The molecule has 0 saturated carbocycles. The summed E-state index contributed by atoms with van der Waals surface area (Å²) >= 11 is 0. The minimum atomic E-state index is -4.47. The Morgan fingerprint density at radius 3 is 2.50 bits per heavy atom. The Bertz CT molecular complexity index is 958. The van der Waals surface area contributed by atoms with E-state index in [-0.39, 0.29) is 30.4 Å². The molecule has 0 aromatic carbocycles. The number of carbonyl (C=O) groups excluding carboxylic acids is 1. The van der Waals surface area contributed by atoms with Crippen LogP contribution in [0.15, 0.2) is 23.4 Å². The lowest BCUT2D eigenvalue weighted by Gasteiger charge is -2.34. The molecular formula is C19H24F3N7O3. The Kier molecular flexibility index (Phi) is 7.62. The number of nitrogens with zero attached hydrogens (tertiary/aromatic N) is 5. The van der Waals surface area contributed by atoms with E-state index in [1.807, 2.05) is 0 Å². The fourth-order valence-corrected chi connectivity index (χ4v) is 3.10. The molecule has 3 heterocycles. The summed E-state index contributed by atoms with van der Waals surface area (Å²) in [6, 6.07) is 0. The number of amides is 1. The fraction of sp³-hybridized carbons (Fsp3) is 0.526. The number of halogens is 3. The van der Waals surface area contributed by atoms with Crippen LogP contribution in [0.2, 0.25) is 0 Å². The first-order chi connectivity index (χ1) is 15.3. The number of ether oxygens (including phenoxy) is 1. The van der Waals surface area contributed by atoms with Crippen LogP contribution in [-0.4, -0.2) is 76.9 Å². The maximum atomic E-state index is 12.6. The van der Waals surface area contributed by atoms with E-state index >= 15 is 0 Å². The average molecular weight is 455 g/mol. The van der Waals surface area contributed by atoms with Crippen LogP contribution in [0.1, 0.15) is 17.5 Å². The second kappa shape index (κ2) is 10.4. The predicted molar refractivity (Wildman–Crippen MR) is 109 cm³/mol. The number of hydrogen-bond acceptors (Lipinski definition) is 8. The van der Waals surface area contributed by atoms with E-state index in [9.17, 15) is 22.8 Å². The normalized spacial score (nSPS) is 14.5. The monoisotopic (exact) mass is 455 g/mol. The second-order valence-electron chi connectivity index (χ2n) is 7.16. The van der Waals surface area contributed by atoms with Crippen LogP contribution in [0, 0.1) is 6.92 Å². The third-order valence-corrected chi connectivity index (χ3v) is 5.01. The summed E-state index contributed by atoms with van der Waals surface area (Å²) in [4.78, 5) is 34.8. The van der Waals surface area contributed by atoms with Crippen LogP contribution in [-0.2, 0) is 15.7 Å². The van der Waals surface area contributed by atoms with Gasteiger partial charge in [-0.1, -0.05) is 0 Å². The minimum absolute atomic E-state index is 0.0550. The largest absolute Gasteiger partial charge is 0.419 e. The van der Waals surface area contributed by atoms with Gasteiger partial charge < -0.3 is 19.9 Å².